The fraction of sp³-hybridized carbons (Fsp3) is 0. The molecular formula is C103H63Cl16F4O15PS6. The highest BCUT2D eigenvalue weighted by atomic mass is 35.5. The number of hydrogen-bond donors (Lipinski definition) is 1. The summed E-state index contributed by atoms with van der Waals surface area (Å²) in [6, 6.07) is 90.0. The maximum absolute atomic E-state index is 14.0. The van der Waals surface area contributed by atoms with E-state index in [4.69, 9.17) is 186 Å². The number of sulfone groups is 6. The number of aromatic hydroxyl groups is 1. The highest BCUT2D eigenvalue weighted by molar-refractivity contribution is 7.93. The summed E-state index contributed by atoms with van der Waals surface area (Å²) in [5.41, 5.74) is 1.38. The van der Waals surface area contributed by atoms with Crippen molar-refractivity contribution in [3.05, 3.63) is 491 Å². The second kappa shape index (κ2) is 50.7. The van der Waals surface area contributed by atoms with E-state index in [0.717, 1.165) is 53.6 Å². The molecule has 0 aliphatic rings. The van der Waals surface area contributed by atoms with Crippen LogP contribution in [0.1, 0.15) is 15.9 Å². The number of ketones is 1. The topological polar surface area (TPSA) is 259 Å². The van der Waals surface area contributed by atoms with Gasteiger partial charge in [0.05, 0.1) is 89.4 Å². The van der Waals surface area contributed by atoms with E-state index >= 15 is 0 Å². The number of halogens is 20. The molecule has 0 bridgehead atoms. The number of carbonyl (C=O) groups excluding carboxylic acids is 1. The monoisotopic (exact) mass is 2400 g/mol. The Morgan fingerprint density at radius 1 is 0.214 bits per heavy atom. The Bertz CT molecular complexity index is 7990. The largest absolute Gasteiger partial charge is 0.506 e. The first kappa shape index (κ1) is 116. The van der Waals surface area contributed by atoms with Crippen molar-refractivity contribution in [2.24, 2.45) is 0 Å². The smallest absolute Gasteiger partial charge is 0.208 e. The first-order valence-corrected chi connectivity index (χ1v) is 57.4. The second-order valence-electron chi connectivity index (χ2n) is 29.7. The van der Waals surface area contributed by atoms with Gasteiger partial charge in [-0.05, 0) is 351 Å². The fourth-order valence-electron chi connectivity index (χ4n) is 12.8. The number of carbonyl (C=O) groups is 1. The predicted molar refractivity (Wildman–Crippen MR) is 573 cm³/mol. The molecule has 17 aromatic rings. The van der Waals surface area contributed by atoms with E-state index < -0.39 is 95.2 Å². The van der Waals surface area contributed by atoms with Gasteiger partial charge in [0, 0.05) is 88.9 Å². The van der Waals surface area contributed by atoms with Crippen LogP contribution in [-0.2, 0) is 63.6 Å². The molecule has 746 valence electrons. The summed E-state index contributed by atoms with van der Waals surface area (Å²) in [4.78, 5) is 12.5. The summed E-state index contributed by atoms with van der Waals surface area (Å²) >= 11 is 93.3. The van der Waals surface area contributed by atoms with Gasteiger partial charge in [0.15, 0.2) is 12.9 Å². The highest BCUT2D eigenvalue weighted by Crippen LogP contribution is 2.44. The van der Waals surface area contributed by atoms with Crippen LogP contribution in [0.4, 0.5) is 17.6 Å². The number of hydrogen-bond acceptors (Lipinski definition) is 15. The Morgan fingerprint density at radius 2 is 0.428 bits per heavy atom. The Morgan fingerprint density at radius 3 is 0.683 bits per heavy atom. The van der Waals surface area contributed by atoms with Crippen molar-refractivity contribution in [2.75, 3.05) is 0 Å². The van der Waals surface area contributed by atoms with Crippen LogP contribution in [0.5, 0.6) is 5.75 Å². The molecule has 0 aliphatic carbocycles. The molecule has 0 aromatic heterocycles. The first-order chi connectivity index (χ1) is 68.3. The summed E-state index contributed by atoms with van der Waals surface area (Å²) in [6.07, 6.45) is 0. The normalized spacial score (nSPS) is 11.4. The van der Waals surface area contributed by atoms with Gasteiger partial charge in [-0.2, -0.15) is 0 Å². The van der Waals surface area contributed by atoms with Crippen molar-refractivity contribution in [2.45, 2.75) is 58.7 Å². The minimum Gasteiger partial charge on any atom is -0.506 e. The van der Waals surface area contributed by atoms with Crippen molar-refractivity contribution in [3.8, 4) is 16.9 Å². The van der Waals surface area contributed by atoms with Gasteiger partial charge in [-0.15, -0.1) is 0 Å². The molecule has 15 nitrogen and oxygen atoms in total. The number of rotatable bonds is 18. The molecule has 17 rings (SSSR count). The van der Waals surface area contributed by atoms with Crippen LogP contribution in [-0.4, -0.2) is 61.4 Å². The lowest BCUT2D eigenvalue weighted by Gasteiger charge is -2.20. The van der Waals surface area contributed by atoms with Crippen LogP contribution in [0.15, 0.2) is 435 Å². The third-order valence-electron chi connectivity index (χ3n) is 20.1. The van der Waals surface area contributed by atoms with Crippen LogP contribution < -0.4 is 15.9 Å². The van der Waals surface area contributed by atoms with Crippen LogP contribution in [0.3, 0.4) is 0 Å². The van der Waals surface area contributed by atoms with Gasteiger partial charge in [-0.1, -0.05) is 210 Å². The lowest BCUT2D eigenvalue weighted by atomic mass is 10.0. The maximum Gasteiger partial charge on any atom is 0.208 e. The zero-order valence-electron chi connectivity index (χ0n) is 72.9. The van der Waals surface area contributed by atoms with Gasteiger partial charge < -0.3 is 9.67 Å². The van der Waals surface area contributed by atoms with E-state index in [-0.39, 0.29) is 101 Å². The lowest BCUT2D eigenvalue weighted by molar-refractivity contribution is 0.103. The van der Waals surface area contributed by atoms with Crippen molar-refractivity contribution >= 4 is 273 Å². The SMILES string of the molecule is O=C(c1ccc(F)cc1)c1ccc(F)cc1F.O=P(c1ccc(Cl)cc1)(c1ccc(Cl)cc1)c1ccc(Cl)cc1.O=S(=O)(c1ccc(Cl)cc1)c1ccc(-c2ccc(S(=O)(=O)c3ccc(Cl)cc3Cl)cc2)cc1.O=S(=O)(c1ccc(Cl)cc1)c1ccc(Cl)c(O)c1.O=S(=O)(c1ccc(Cl)cc1)c1ccc(Cl)cc1Cl.O=S(=O)(c1ccc(Cl)cc1)c1ccc(Cl)cc1Cl.O=S(=O)(c1ccc(F)cc1)c1ccc(Cl)cc1Cl. The molecule has 17 aromatic carbocycles. The standard InChI is InChI=1S/C24H15Cl3O4S2.C18H12Cl3OP.C13H7F3O.2C12H7Cl3O2S.C12H7Cl2FO2S.C12H8Cl2O3S/c25-18-5-12-21(13-6-18)32(28,29)20-8-1-16(2-9-20)17-3-10-22(11-4-17)33(30,31)24-14-7-19(26)15-23(24)27;19-13-1-7-16(8-2-13)23(22,17-9-3-14(20)4-10-17)18-11-5-15(21)6-12-18;14-9-3-1-8(2-4-9)13(17)11-6-5-10(15)7-12(11)16;2*13-8-1-4-10(5-2-8)18(16,17)12-6-3-9(14)7-11(12)15;13-8-1-6-12(11(14)7-8)18(16,17)10-4-2-9(15)3-5-10;13-8-1-3-9(4-2-8)18(16,17)10-5-6-11(14)12(15)7-10/h1-15H;1-12H;1-7H;3*1-7H;1-7,15H. The molecule has 0 amide bonds. The third-order valence-corrected chi connectivity index (χ3v) is 38.8. The van der Waals surface area contributed by atoms with Gasteiger partial charge in [-0.25, -0.2) is 68.1 Å². The van der Waals surface area contributed by atoms with E-state index in [2.05, 4.69) is 0 Å². The fourth-order valence-corrected chi connectivity index (χ4v) is 27.0. The van der Waals surface area contributed by atoms with E-state index in [0.29, 0.717) is 77.2 Å². The molecule has 0 spiro atoms. The minimum absolute atomic E-state index is 0.0203. The summed E-state index contributed by atoms with van der Waals surface area (Å²) in [5, 5.41) is 17.1. The quantitative estimate of drug-likeness (QED) is 0.0362. The molecule has 0 aliphatic heterocycles. The van der Waals surface area contributed by atoms with Crippen molar-refractivity contribution < 1.29 is 82.5 Å². The maximum atomic E-state index is 14.0. The average Bonchev–Trinajstić information content (AvgIpc) is 0.760. The van der Waals surface area contributed by atoms with E-state index in [1.807, 2.05) is 0 Å². The molecule has 0 heterocycles. The Labute approximate surface area is 912 Å². The summed E-state index contributed by atoms with van der Waals surface area (Å²) in [5.74, 6) is -3.55. The van der Waals surface area contributed by atoms with Gasteiger partial charge >= 0.3 is 0 Å². The lowest BCUT2D eigenvalue weighted by Crippen LogP contribution is -2.24. The van der Waals surface area contributed by atoms with E-state index in [9.17, 15) is 82.5 Å². The minimum atomic E-state index is -3.82. The summed E-state index contributed by atoms with van der Waals surface area (Å²) in [6.45, 7) is 0. The average molecular weight is 2410 g/mol. The zero-order valence-corrected chi connectivity index (χ0v) is 90.8. The Hall–Kier alpha value is -9.50. The highest BCUT2D eigenvalue weighted by Gasteiger charge is 2.32. The Kier molecular flexibility index (Phi) is 40.5. The van der Waals surface area contributed by atoms with Crippen LogP contribution in [0.2, 0.25) is 80.4 Å². The van der Waals surface area contributed by atoms with E-state index in [1.54, 1.807) is 97.1 Å². The third kappa shape index (κ3) is 30.0. The van der Waals surface area contributed by atoms with Gasteiger partial charge in [0.2, 0.25) is 59.0 Å². The molecule has 145 heavy (non-hydrogen) atoms. The predicted octanol–water partition coefficient (Wildman–Crippen LogP) is 32.1. The first-order valence-electron chi connectivity index (χ1n) is 40.7. The van der Waals surface area contributed by atoms with Gasteiger partial charge in [0.25, 0.3) is 0 Å². The number of benzene rings is 17. The number of phenols is 1. The summed E-state index contributed by atoms with van der Waals surface area (Å²) < 4.78 is 215. The second-order valence-corrected chi connectivity index (χ2v) is 50.9. The summed E-state index contributed by atoms with van der Waals surface area (Å²) in [7, 11) is -25.3. The van der Waals surface area contributed by atoms with Crippen LogP contribution >= 0.6 is 193 Å². The van der Waals surface area contributed by atoms with Crippen molar-refractivity contribution in [1.82, 2.24) is 0 Å². The van der Waals surface area contributed by atoms with Crippen molar-refractivity contribution in [1.29, 1.82) is 0 Å². The van der Waals surface area contributed by atoms with E-state index in [1.165, 1.54) is 231 Å². The molecule has 0 radical (unpaired) electrons. The molecule has 42 heteroatoms. The molecule has 1 N–H and O–H groups in total. The molecule has 0 unspecified atom stereocenters. The van der Waals surface area contributed by atoms with Gasteiger partial charge in [0.1, 0.15) is 29.0 Å². The molecule has 0 atom stereocenters. The molecule has 0 saturated heterocycles. The Balaban J connectivity index is 0.000000163. The van der Waals surface area contributed by atoms with Crippen LogP contribution in [0.25, 0.3) is 11.1 Å². The number of phenolic OH excluding ortho intramolecular Hbond substituents is 1. The van der Waals surface area contributed by atoms with Crippen molar-refractivity contribution in [3.63, 3.8) is 0 Å². The molecule has 0 fully saturated rings. The van der Waals surface area contributed by atoms with Gasteiger partial charge in [-0.3, -0.25) is 4.79 Å². The molecular weight excluding hydrogens is 2340 g/mol. The van der Waals surface area contributed by atoms with Crippen LogP contribution in [0, 0.1) is 23.3 Å². The zero-order chi connectivity index (χ0) is 106. The molecule has 0 saturated carbocycles.